The van der Waals surface area contributed by atoms with Crippen molar-refractivity contribution in [2.24, 2.45) is 5.92 Å². The van der Waals surface area contributed by atoms with Crippen LogP contribution in [0.3, 0.4) is 0 Å². The van der Waals surface area contributed by atoms with E-state index in [2.05, 4.69) is 4.85 Å². The number of halogens is 1. The third-order valence-corrected chi connectivity index (χ3v) is 2.53. The predicted octanol–water partition coefficient (Wildman–Crippen LogP) is 2.82. The normalized spacial score (nSPS) is 31.8. The average Bonchev–Trinajstić information content (AvgIpc) is 2.31. The van der Waals surface area contributed by atoms with Crippen LogP contribution in [0.1, 0.15) is 33.1 Å². The van der Waals surface area contributed by atoms with Gasteiger partial charge in [0, 0.05) is 6.42 Å². The molecule has 1 rings (SSSR count). The largest absolute Gasteiger partial charge is 0.313 e. The van der Waals surface area contributed by atoms with Crippen molar-refractivity contribution in [3.05, 3.63) is 11.4 Å². The Kier molecular flexibility index (Phi) is 2.17. The molecule has 1 saturated carbocycles. The Morgan fingerprint density at radius 1 is 1.45 bits per heavy atom. The molecule has 0 saturated heterocycles. The summed E-state index contributed by atoms with van der Waals surface area (Å²) in [4.78, 5) is 3.45. The third kappa shape index (κ3) is 1.71. The van der Waals surface area contributed by atoms with Crippen LogP contribution < -0.4 is 0 Å². The van der Waals surface area contributed by atoms with Gasteiger partial charge in [-0.05, 0) is 26.7 Å². The molecule has 2 unspecified atom stereocenters. The fourth-order valence-corrected chi connectivity index (χ4v) is 1.90. The maximum absolute atomic E-state index is 13.4. The van der Waals surface area contributed by atoms with Crippen LogP contribution >= 0.6 is 0 Å². The Morgan fingerprint density at radius 3 is 2.45 bits per heavy atom. The van der Waals surface area contributed by atoms with Crippen LogP contribution in [-0.2, 0) is 0 Å². The maximum Gasteiger partial charge on any atom is 0.229 e. The lowest BCUT2D eigenvalue weighted by molar-refractivity contribution is 0.124. The predicted molar refractivity (Wildman–Crippen MR) is 42.9 cm³/mol. The molecule has 0 aliphatic heterocycles. The Bertz CT molecular complexity index is 175. The van der Waals surface area contributed by atoms with Crippen molar-refractivity contribution < 1.29 is 4.39 Å². The molecule has 0 radical (unpaired) electrons. The van der Waals surface area contributed by atoms with E-state index in [9.17, 15) is 4.39 Å². The highest BCUT2D eigenvalue weighted by Crippen LogP contribution is 2.38. The van der Waals surface area contributed by atoms with Crippen molar-refractivity contribution >= 4 is 0 Å². The SMILES string of the molecule is [C-]#[N+]C1CCCC1C(C)(C)F. The number of nitrogens with zero attached hydrogens (tertiary/aromatic N) is 1. The zero-order valence-electron chi connectivity index (χ0n) is 7.10. The molecule has 2 heteroatoms. The molecule has 0 aromatic carbocycles. The van der Waals surface area contributed by atoms with Crippen LogP contribution in [0.2, 0.25) is 0 Å². The first-order valence-corrected chi connectivity index (χ1v) is 4.11. The van der Waals surface area contributed by atoms with Gasteiger partial charge in [0.2, 0.25) is 6.04 Å². The summed E-state index contributed by atoms with van der Waals surface area (Å²) >= 11 is 0. The topological polar surface area (TPSA) is 4.36 Å². The molecule has 0 aromatic rings. The Labute approximate surface area is 67.4 Å². The van der Waals surface area contributed by atoms with E-state index in [1.54, 1.807) is 13.8 Å². The molecule has 62 valence electrons. The lowest BCUT2D eigenvalue weighted by Gasteiger charge is -2.21. The van der Waals surface area contributed by atoms with Crippen LogP contribution in [0, 0.1) is 12.5 Å². The van der Waals surface area contributed by atoms with Gasteiger partial charge in [-0.25, -0.2) is 11.0 Å². The Balaban J connectivity index is 2.66. The monoisotopic (exact) mass is 155 g/mol. The highest BCUT2D eigenvalue weighted by Gasteiger charge is 2.43. The van der Waals surface area contributed by atoms with Gasteiger partial charge in [0.05, 0.1) is 5.92 Å². The lowest BCUT2D eigenvalue weighted by atomic mass is 9.88. The van der Waals surface area contributed by atoms with Gasteiger partial charge in [0.1, 0.15) is 5.67 Å². The van der Waals surface area contributed by atoms with Gasteiger partial charge < -0.3 is 4.85 Å². The second kappa shape index (κ2) is 2.81. The number of hydrogen-bond acceptors (Lipinski definition) is 0. The summed E-state index contributed by atoms with van der Waals surface area (Å²) in [7, 11) is 0. The Morgan fingerprint density at radius 2 is 2.09 bits per heavy atom. The van der Waals surface area contributed by atoms with E-state index in [1.807, 2.05) is 0 Å². The van der Waals surface area contributed by atoms with Crippen LogP contribution in [0.25, 0.3) is 4.85 Å². The molecule has 2 atom stereocenters. The zero-order chi connectivity index (χ0) is 8.48. The van der Waals surface area contributed by atoms with E-state index >= 15 is 0 Å². The quantitative estimate of drug-likeness (QED) is 0.513. The van der Waals surface area contributed by atoms with E-state index in [0.29, 0.717) is 0 Å². The third-order valence-electron chi connectivity index (χ3n) is 2.53. The number of alkyl halides is 1. The average molecular weight is 155 g/mol. The molecular weight excluding hydrogens is 141 g/mol. The molecule has 1 aliphatic carbocycles. The van der Waals surface area contributed by atoms with Crippen molar-refractivity contribution in [2.75, 3.05) is 0 Å². The zero-order valence-corrected chi connectivity index (χ0v) is 7.10. The summed E-state index contributed by atoms with van der Waals surface area (Å²) in [5.74, 6) is -0.0278. The molecule has 1 fully saturated rings. The highest BCUT2D eigenvalue weighted by molar-refractivity contribution is 4.98. The molecule has 11 heavy (non-hydrogen) atoms. The number of hydrogen-bond donors (Lipinski definition) is 0. The fourth-order valence-electron chi connectivity index (χ4n) is 1.90. The van der Waals surface area contributed by atoms with E-state index in [-0.39, 0.29) is 12.0 Å². The van der Waals surface area contributed by atoms with Crippen LogP contribution in [0.5, 0.6) is 0 Å². The second-order valence-corrected chi connectivity index (χ2v) is 3.80. The van der Waals surface area contributed by atoms with Crippen molar-refractivity contribution in [3.8, 4) is 0 Å². The van der Waals surface area contributed by atoms with Crippen LogP contribution in [0.15, 0.2) is 0 Å². The summed E-state index contributed by atoms with van der Waals surface area (Å²) in [6.45, 7) is 10.0. The second-order valence-electron chi connectivity index (χ2n) is 3.80. The molecule has 0 aromatic heterocycles. The van der Waals surface area contributed by atoms with Crippen molar-refractivity contribution in [1.29, 1.82) is 0 Å². The summed E-state index contributed by atoms with van der Waals surface area (Å²) < 4.78 is 13.4. The molecule has 1 aliphatic rings. The maximum atomic E-state index is 13.4. The molecule has 0 bridgehead atoms. The van der Waals surface area contributed by atoms with E-state index in [0.717, 1.165) is 19.3 Å². The van der Waals surface area contributed by atoms with Crippen molar-refractivity contribution in [2.45, 2.75) is 44.8 Å². The van der Waals surface area contributed by atoms with Gasteiger partial charge >= 0.3 is 0 Å². The molecule has 1 nitrogen and oxygen atoms in total. The highest BCUT2D eigenvalue weighted by atomic mass is 19.1. The first-order chi connectivity index (χ1) is 5.05. The summed E-state index contributed by atoms with van der Waals surface area (Å²) in [6, 6.07) is -0.0602. The van der Waals surface area contributed by atoms with Crippen LogP contribution in [0.4, 0.5) is 4.39 Å². The molecular formula is C9H14FN. The Hall–Kier alpha value is -0.580. The van der Waals surface area contributed by atoms with Crippen LogP contribution in [-0.4, -0.2) is 11.7 Å². The van der Waals surface area contributed by atoms with Gasteiger partial charge in [-0.2, -0.15) is 0 Å². The fraction of sp³-hybridized carbons (Fsp3) is 0.889. The first-order valence-electron chi connectivity index (χ1n) is 4.11. The van der Waals surface area contributed by atoms with Gasteiger partial charge in [-0.1, -0.05) is 0 Å². The van der Waals surface area contributed by atoms with E-state index in [4.69, 9.17) is 6.57 Å². The molecule has 0 spiro atoms. The smallest absolute Gasteiger partial charge is 0.229 e. The minimum absolute atomic E-state index is 0.0278. The van der Waals surface area contributed by atoms with E-state index < -0.39 is 5.67 Å². The van der Waals surface area contributed by atoms with Gasteiger partial charge in [0.25, 0.3) is 0 Å². The summed E-state index contributed by atoms with van der Waals surface area (Å²) in [5, 5.41) is 0. The minimum atomic E-state index is -1.16. The molecule has 0 amide bonds. The van der Waals surface area contributed by atoms with Gasteiger partial charge in [0.15, 0.2) is 0 Å². The minimum Gasteiger partial charge on any atom is -0.313 e. The lowest BCUT2D eigenvalue weighted by Crippen LogP contribution is -2.30. The van der Waals surface area contributed by atoms with E-state index in [1.165, 1.54) is 0 Å². The molecule has 0 N–H and O–H groups in total. The first kappa shape index (κ1) is 8.52. The van der Waals surface area contributed by atoms with Gasteiger partial charge in [-0.15, -0.1) is 0 Å². The van der Waals surface area contributed by atoms with Crippen molar-refractivity contribution in [1.82, 2.24) is 0 Å². The van der Waals surface area contributed by atoms with Crippen molar-refractivity contribution in [3.63, 3.8) is 0 Å². The number of rotatable bonds is 1. The summed E-state index contributed by atoms with van der Waals surface area (Å²) in [5.41, 5.74) is -1.16. The van der Waals surface area contributed by atoms with Gasteiger partial charge in [-0.3, -0.25) is 0 Å². The standard InChI is InChI=1S/C9H14FN/c1-9(2,10)7-5-4-6-8(7)11-3/h7-8H,4-6H2,1-2H3. The molecule has 0 heterocycles. The summed E-state index contributed by atoms with van der Waals surface area (Å²) in [6.07, 6.45) is 2.79.